The van der Waals surface area contributed by atoms with Crippen LogP contribution in [0.5, 0.6) is 0 Å². The third kappa shape index (κ3) is 3.98. The fourth-order valence-corrected chi connectivity index (χ4v) is 1.91. The van der Waals surface area contributed by atoms with Gasteiger partial charge in [-0.3, -0.25) is 4.79 Å². The number of oxazole rings is 1. The molecule has 0 bridgehead atoms. The lowest BCUT2D eigenvalue weighted by molar-refractivity contribution is -0.116. The van der Waals surface area contributed by atoms with Crippen molar-refractivity contribution in [3.8, 4) is 0 Å². The molecule has 0 aliphatic rings. The quantitative estimate of drug-likeness (QED) is 0.932. The Morgan fingerprint density at radius 3 is 2.89 bits per heavy atom. The molecule has 0 radical (unpaired) electrons. The molecule has 1 heterocycles. The topological polar surface area (TPSA) is 55.1 Å². The smallest absolute Gasteiger partial charge is 0.224 e. The van der Waals surface area contributed by atoms with Gasteiger partial charge in [0.15, 0.2) is 5.89 Å². The van der Waals surface area contributed by atoms with Gasteiger partial charge in [0.25, 0.3) is 0 Å². The van der Waals surface area contributed by atoms with Crippen molar-refractivity contribution in [2.24, 2.45) is 0 Å². The first-order valence-corrected chi connectivity index (χ1v) is 6.46. The summed E-state index contributed by atoms with van der Waals surface area (Å²) in [5.74, 6) is 0.443. The standard InChI is InChI=1S/C13H12Cl2N2O2/c1-8-16-10(7-19-8)3-5-13(18)17-12-6-9(14)2-4-11(12)15/h2,4,6-7H,3,5H2,1H3,(H,17,18). The highest BCUT2D eigenvalue weighted by Gasteiger charge is 2.08. The number of amides is 1. The molecule has 1 amide bonds. The van der Waals surface area contributed by atoms with Gasteiger partial charge in [-0.1, -0.05) is 23.2 Å². The first-order chi connectivity index (χ1) is 9.04. The van der Waals surface area contributed by atoms with Crippen LogP contribution in [0.1, 0.15) is 18.0 Å². The molecule has 0 saturated heterocycles. The fraction of sp³-hybridized carbons (Fsp3) is 0.231. The Morgan fingerprint density at radius 1 is 1.42 bits per heavy atom. The van der Waals surface area contributed by atoms with Crippen LogP contribution in [0.2, 0.25) is 10.0 Å². The summed E-state index contributed by atoms with van der Waals surface area (Å²) < 4.78 is 5.07. The van der Waals surface area contributed by atoms with E-state index in [1.807, 2.05) is 0 Å². The zero-order valence-electron chi connectivity index (χ0n) is 10.2. The zero-order valence-corrected chi connectivity index (χ0v) is 11.8. The van der Waals surface area contributed by atoms with Gasteiger partial charge in [0.05, 0.1) is 16.4 Å². The van der Waals surface area contributed by atoms with Gasteiger partial charge >= 0.3 is 0 Å². The molecule has 0 atom stereocenters. The van der Waals surface area contributed by atoms with Crippen LogP contribution in [-0.2, 0) is 11.2 Å². The lowest BCUT2D eigenvalue weighted by Crippen LogP contribution is -2.12. The van der Waals surface area contributed by atoms with E-state index in [0.29, 0.717) is 34.5 Å². The minimum Gasteiger partial charge on any atom is -0.449 e. The number of nitrogens with one attached hydrogen (secondary N) is 1. The second-order valence-corrected chi connectivity index (χ2v) is 4.87. The molecule has 19 heavy (non-hydrogen) atoms. The van der Waals surface area contributed by atoms with Crippen LogP contribution in [0.4, 0.5) is 5.69 Å². The average molecular weight is 299 g/mol. The number of carbonyl (C=O) groups is 1. The van der Waals surface area contributed by atoms with Crippen molar-refractivity contribution in [3.05, 3.63) is 46.1 Å². The molecule has 6 heteroatoms. The van der Waals surface area contributed by atoms with Crippen molar-refractivity contribution >= 4 is 34.8 Å². The lowest BCUT2D eigenvalue weighted by atomic mass is 10.2. The van der Waals surface area contributed by atoms with Crippen molar-refractivity contribution < 1.29 is 9.21 Å². The van der Waals surface area contributed by atoms with Gasteiger partial charge in [0.1, 0.15) is 6.26 Å². The maximum absolute atomic E-state index is 11.8. The average Bonchev–Trinajstić information content (AvgIpc) is 2.77. The van der Waals surface area contributed by atoms with E-state index >= 15 is 0 Å². The van der Waals surface area contributed by atoms with Crippen molar-refractivity contribution in [1.82, 2.24) is 4.98 Å². The van der Waals surface area contributed by atoms with Gasteiger partial charge in [-0.15, -0.1) is 0 Å². The highest BCUT2D eigenvalue weighted by atomic mass is 35.5. The van der Waals surface area contributed by atoms with E-state index in [2.05, 4.69) is 10.3 Å². The van der Waals surface area contributed by atoms with Crippen LogP contribution in [0.3, 0.4) is 0 Å². The van der Waals surface area contributed by atoms with Crippen LogP contribution in [-0.4, -0.2) is 10.9 Å². The first kappa shape index (κ1) is 13.9. The number of anilines is 1. The van der Waals surface area contributed by atoms with Crippen molar-refractivity contribution in [2.75, 3.05) is 5.32 Å². The summed E-state index contributed by atoms with van der Waals surface area (Å²) in [5.41, 5.74) is 1.26. The number of halogens is 2. The summed E-state index contributed by atoms with van der Waals surface area (Å²) in [4.78, 5) is 15.9. The number of nitrogens with zero attached hydrogens (tertiary/aromatic N) is 1. The summed E-state index contributed by atoms with van der Waals surface area (Å²) in [6.45, 7) is 1.76. The predicted octanol–water partition coefficient (Wildman–Crippen LogP) is 3.86. The van der Waals surface area contributed by atoms with Gasteiger partial charge in [-0.05, 0) is 18.2 Å². The normalized spacial score (nSPS) is 10.5. The first-order valence-electron chi connectivity index (χ1n) is 5.70. The van der Waals surface area contributed by atoms with Gasteiger partial charge in [0, 0.05) is 24.8 Å². The monoisotopic (exact) mass is 298 g/mol. The second-order valence-electron chi connectivity index (χ2n) is 4.03. The number of aromatic nitrogens is 1. The largest absolute Gasteiger partial charge is 0.449 e. The molecule has 2 rings (SSSR count). The van der Waals surface area contributed by atoms with Gasteiger partial charge in [-0.25, -0.2) is 4.98 Å². The molecule has 0 spiro atoms. The van der Waals surface area contributed by atoms with Crippen LogP contribution in [0.25, 0.3) is 0 Å². The fourth-order valence-electron chi connectivity index (χ4n) is 1.57. The third-order valence-corrected chi connectivity index (χ3v) is 3.04. The van der Waals surface area contributed by atoms with Crippen LogP contribution in [0, 0.1) is 6.92 Å². The van der Waals surface area contributed by atoms with E-state index in [9.17, 15) is 4.79 Å². The molecule has 100 valence electrons. The maximum atomic E-state index is 11.8. The van der Waals surface area contributed by atoms with E-state index in [1.165, 1.54) is 0 Å². The molecule has 0 unspecified atom stereocenters. The molecule has 1 N–H and O–H groups in total. The number of carbonyl (C=O) groups excluding carboxylic acids is 1. The Hall–Kier alpha value is -1.52. The van der Waals surface area contributed by atoms with Crippen molar-refractivity contribution in [1.29, 1.82) is 0 Å². The summed E-state index contributed by atoms with van der Waals surface area (Å²) in [6, 6.07) is 4.92. The Kier molecular flexibility index (Phi) is 4.45. The number of hydrogen-bond donors (Lipinski definition) is 1. The van der Waals surface area contributed by atoms with E-state index in [1.54, 1.807) is 31.4 Å². The molecule has 0 aliphatic carbocycles. The molecular weight excluding hydrogens is 287 g/mol. The highest BCUT2D eigenvalue weighted by molar-refractivity contribution is 6.35. The van der Waals surface area contributed by atoms with E-state index in [-0.39, 0.29) is 5.91 Å². The predicted molar refractivity (Wildman–Crippen MR) is 74.7 cm³/mol. The van der Waals surface area contributed by atoms with Crippen molar-refractivity contribution in [3.63, 3.8) is 0 Å². The molecule has 0 aliphatic heterocycles. The third-order valence-electron chi connectivity index (χ3n) is 2.48. The van der Waals surface area contributed by atoms with E-state index < -0.39 is 0 Å². The highest BCUT2D eigenvalue weighted by Crippen LogP contribution is 2.25. The van der Waals surface area contributed by atoms with Crippen LogP contribution >= 0.6 is 23.2 Å². The molecule has 0 fully saturated rings. The van der Waals surface area contributed by atoms with Crippen LogP contribution < -0.4 is 5.32 Å². The van der Waals surface area contributed by atoms with Gasteiger partial charge < -0.3 is 9.73 Å². The molecule has 2 aromatic rings. The Morgan fingerprint density at radius 2 is 2.21 bits per heavy atom. The summed E-state index contributed by atoms with van der Waals surface area (Å²) in [5, 5.41) is 3.69. The molecular formula is C13H12Cl2N2O2. The summed E-state index contributed by atoms with van der Waals surface area (Å²) in [6.07, 6.45) is 2.37. The summed E-state index contributed by atoms with van der Waals surface area (Å²) >= 11 is 11.8. The minimum absolute atomic E-state index is 0.148. The molecule has 4 nitrogen and oxygen atoms in total. The van der Waals surface area contributed by atoms with Crippen LogP contribution in [0.15, 0.2) is 28.9 Å². The maximum Gasteiger partial charge on any atom is 0.224 e. The SMILES string of the molecule is Cc1nc(CCC(=O)Nc2cc(Cl)ccc2Cl)co1. The zero-order chi connectivity index (χ0) is 13.8. The Balaban J connectivity index is 1.92. The number of hydrogen-bond acceptors (Lipinski definition) is 3. The minimum atomic E-state index is -0.148. The second kappa shape index (κ2) is 6.08. The number of rotatable bonds is 4. The molecule has 1 aromatic carbocycles. The van der Waals surface area contributed by atoms with Gasteiger partial charge in [-0.2, -0.15) is 0 Å². The molecule has 1 aromatic heterocycles. The number of benzene rings is 1. The summed E-state index contributed by atoms with van der Waals surface area (Å²) in [7, 11) is 0. The van der Waals surface area contributed by atoms with Crippen molar-refractivity contribution in [2.45, 2.75) is 19.8 Å². The van der Waals surface area contributed by atoms with E-state index in [0.717, 1.165) is 5.69 Å². The lowest BCUT2D eigenvalue weighted by Gasteiger charge is -2.06. The van der Waals surface area contributed by atoms with E-state index in [4.69, 9.17) is 27.6 Å². The van der Waals surface area contributed by atoms with Gasteiger partial charge in [0.2, 0.25) is 5.91 Å². The number of aryl methyl sites for hydroxylation is 2. The Labute approximate surface area is 120 Å². The Bertz CT molecular complexity index is 596. The molecule has 0 saturated carbocycles.